The van der Waals surface area contributed by atoms with Crippen molar-refractivity contribution in [2.75, 3.05) is 26.2 Å². The molecule has 0 spiro atoms. The summed E-state index contributed by atoms with van der Waals surface area (Å²) in [6.07, 6.45) is 3.10. The van der Waals surface area contributed by atoms with E-state index in [2.05, 4.69) is 5.32 Å². The Labute approximate surface area is 179 Å². The molecule has 2 aliphatic rings. The van der Waals surface area contributed by atoms with Gasteiger partial charge >= 0.3 is 4.87 Å². The van der Waals surface area contributed by atoms with Crippen LogP contribution in [-0.4, -0.2) is 55.5 Å². The number of amides is 1. The van der Waals surface area contributed by atoms with Gasteiger partial charge in [-0.15, -0.1) is 0 Å². The maximum absolute atomic E-state index is 13.1. The van der Waals surface area contributed by atoms with Gasteiger partial charge in [0.2, 0.25) is 15.9 Å². The number of carbonyl (C=O) groups is 1. The monoisotopic (exact) mass is 453 g/mol. The molecule has 1 N–H and O–H groups in total. The van der Waals surface area contributed by atoms with Crippen molar-refractivity contribution in [3.63, 3.8) is 0 Å². The van der Waals surface area contributed by atoms with Crippen molar-refractivity contribution in [3.8, 4) is 0 Å². The number of sulfonamides is 1. The third-order valence-corrected chi connectivity index (χ3v) is 8.78. The van der Waals surface area contributed by atoms with E-state index in [1.807, 2.05) is 6.92 Å². The molecule has 1 atom stereocenters. The number of rotatable bonds is 6. The number of ether oxygens (including phenoxy) is 1. The second-order valence-corrected chi connectivity index (χ2v) is 10.7. The highest BCUT2D eigenvalue weighted by atomic mass is 32.2. The zero-order valence-electron chi connectivity index (χ0n) is 17.0. The van der Waals surface area contributed by atoms with Crippen molar-refractivity contribution in [1.29, 1.82) is 0 Å². The van der Waals surface area contributed by atoms with Crippen LogP contribution in [0.25, 0.3) is 10.2 Å². The highest BCUT2D eigenvalue weighted by molar-refractivity contribution is 7.89. The topological polar surface area (TPSA) is 97.7 Å². The number of piperidine rings is 1. The minimum Gasteiger partial charge on any atom is -0.376 e. The van der Waals surface area contributed by atoms with Crippen molar-refractivity contribution >= 4 is 37.5 Å². The van der Waals surface area contributed by atoms with E-state index < -0.39 is 10.0 Å². The summed E-state index contributed by atoms with van der Waals surface area (Å²) in [6, 6.07) is 4.86. The zero-order chi connectivity index (χ0) is 21.3. The van der Waals surface area contributed by atoms with Crippen LogP contribution in [-0.2, 0) is 26.1 Å². The van der Waals surface area contributed by atoms with Gasteiger partial charge in [0.25, 0.3) is 0 Å². The minimum absolute atomic E-state index is 0.0188. The molecule has 10 heteroatoms. The van der Waals surface area contributed by atoms with Crippen LogP contribution in [0.3, 0.4) is 0 Å². The summed E-state index contributed by atoms with van der Waals surface area (Å²) in [6.45, 7) is 4.34. The van der Waals surface area contributed by atoms with E-state index >= 15 is 0 Å². The molecule has 30 heavy (non-hydrogen) atoms. The Morgan fingerprint density at radius 3 is 2.70 bits per heavy atom. The lowest BCUT2D eigenvalue weighted by atomic mass is 9.97. The highest BCUT2D eigenvalue weighted by Gasteiger charge is 2.32. The summed E-state index contributed by atoms with van der Waals surface area (Å²) >= 11 is 1.06. The molecule has 4 rings (SSSR count). The molecule has 164 valence electrons. The van der Waals surface area contributed by atoms with E-state index in [-0.39, 0.29) is 27.7 Å². The molecule has 2 saturated heterocycles. The minimum atomic E-state index is -3.66. The van der Waals surface area contributed by atoms with Crippen molar-refractivity contribution < 1.29 is 17.9 Å². The van der Waals surface area contributed by atoms with Gasteiger partial charge in [-0.25, -0.2) is 8.42 Å². The number of carbonyl (C=O) groups excluding carboxylic acids is 1. The fraction of sp³-hybridized carbons (Fsp3) is 0.600. The summed E-state index contributed by atoms with van der Waals surface area (Å²) in [5, 5.41) is 2.95. The molecular weight excluding hydrogens is 426 g/mol. The molecule has 1 aromatic heterocycles. The van der Waals surface area contributed by atoms with E-state index in [1.54, 1.807) is 22.8 Å². The molecule has 0 radical (unpaired) electrons. The summed E-state index contributed by atoms with van der Waals surface area (Å²) in [7, 11) is -3.66. The van der Waals surface area contributed by atoms with Gasteiger partial charge < -0.3 is 10.1 Å². The second kappa shape index (κ2) is 8.78. The predicted molar refractivity (Wildman–Crippen MR) is 115 cm³/mol. The number of hydrogen-bond acceptors (Lipinski definition) is 6. The van der Waals surface area contributed by atoms with Gasteiger partial charge in [-0.1, -0.05) is 11.3 Å². The number of thiazole rings is 1. The van der Waals surface area contributed by atoms with Crippen LogP contribution in [0.15, 0.2) is 27.9 Å². The molecule has 0 saturated carbocycles. The second-order valence-electron chi connectivity index (χ2n) is 7.80. The van der Waals surface area contributed by atoms with Gasteiger partial charge in [0.05, 0.1) is 21.2 Å². The first kappa shape index (κ1) is 21.5. The van der Waals surface area contributed by atoms with Gasteiger partial charge in [-0.2, -0.15) is 4.31 Å². The molecule has 2 fully saturated rings. The van der Waals surface area contributed by atoms with Gasteiger partial charge in [0.15, 0.2) is 0 Å². The molecule has 8 nitrogen and oxygen atoms in total. The Morgan fingerprint density at radius 1 is 1.27 bits per heavy atom. The molecule has 1 aromatic carbocycles. The number of fused-ring (bicyclic) bond motifs is 1. The van der Waals surface area contributed by atoms with Crippen molar-refractivity contribution in [3.05, 3.63) is 27.9 Å². The lowest BCUT2D eigenvalue weighted by molar-refractivity contribution is -0.126. The van der Waals surface area contributed by atoms with E-state index in [0.29, 0.717) is 43.7 Å². The normalized spacial score (nSPS) is 21.3. The predicted octanol–water partition coefficient (Wildman–Crippen LogP) is 1.78. The number of aromatic nitrogens is 1. The van der Waals surface area contributed by atoms with Crippen LogP contribution in [0, 0.1) is 5.92 Å². The highest BCUT2D eigenvalue weighted by Crippen LogP contribution is 2.27. The average molecular weight is 454 g/mol. The average Bonchev–Trinajstić information content (AvgIpc) is 3.38. The third kappa shape index (κ3) is 4.18. The largest absolute Gasteiger partial charge is 0.376 e. The smallest absolute Gasteiger partial charge is 0.308 e. The van der Waals surface area contributed by atoms with E-state index in [9.17, 15) is 18.0 Å². The zero-order valence-corrected chi connectivity index (χ0v) is 18.6. The van der Waals surface area contributed by atoms with Crippen LogP contribution in [0.2, 0.25) is 0 Å². The molecule has 1 amide bonds. The molecule has 3 heterocycles. The van der Waals surface area contributed by atoms with Gasteiger partial charge in [-0.3, -0.25) is 14.2 Å². The van der Waals surface area contributed by atoms with Crippen molar-refractivity contribution in [1.82, 2.24) is 14.2 Å². The first-order chi connectivity index (χ1) is 14.4. The molecule has 0 aliphatic carbocycles. The van der Waals surface area contributed by atoms with E-state index in [0.717, 1.165) is 36.3 Å². The number of nitrogens with one attached hydrogen (secondary N) is 1. The Hall–Kier alpha value is -1.75. The van der Waals surface area contributed by atoms with Crippen LogP contribution >= 0.6 is 11.3 Å². The summed E-state index contributed by atoms with van der Waals surface area (Å²) < 4.78 is 35.5. The Bertz CT molecular complexity index is 1080. The molecule has 0 unspecified atom stereocenters. The number of hydrogen-bond donors (Lipinski definition) is 1. The van der Waals surface area contributed by atoms with Crippen LogP contribution in [0.1, 0.15) is 32.6 Å². The number of aryl methyl sites for hydroxylation is 1. The molecule has 0 bridgehead atoms. The van der Waals surface area contributed by atoms with Gasteiger partial charge in [0.1, 0.15) is 0 Å². The van der Waals surface area contributed by atoms with E-state index in [1.165, 1.54) is 4.31 Å². The van der Waals surface area contributed by atoms with E-state index in [4.69, 9.17) is 4.74 Å². The lowest BCUT2D eigenvalue weighted by Gasteiger charge is -2.30. The Balaban J connectivity index is 1.40. The first-order valence-corrected chi connectivity index (χ1v) is 12.7. The SMILES string of the molecule is CCn1c(=O)sc2cc(S(=O)(=O)N3CCC(C(=O)NC[C@@H]4CCCO4)CC3)ccc21. The fourth-order valence-electron chi connectivity index (χ4n) is 4.18. The molecular formula is C20H27N3O5S2. The van der Waals surface area contributed by atoms with Crippen molar-refractivity contribution in [2.24, 2.45) is 5.92 Å². The first-order valence-electron chi connectivity index (χ1n) is 10.4. The van der Waals surface area contributed by atoms with Gasteiger partial charge in [0, 0.05) is 38.7 Å². The fourth-order valence-corrected chi connectivity index (χ4v) is 6.74. The maximum atomic E-state index is 13.1. The Morgan fingerprint density at radius 2 is 2.03 bits per heavy atom. The van der Waals surface area contributed by atoms with Crippen LogP contribution < -0.4 is 10.2 Å². The molecule has 2 aliphatic heterocycles. The summed E-state index contributed by atoms with van der Waals surface area (Å²) in [5.74, 6) is -0.196. The van der Waals surface area contributed by atoms with Crippen LogP contribution in [0.4, 0.5) is 0 Å². The third-order valence-electron chi connectivity index (χ3n) is 5.95. The Kier molecular flexibility index (Phi) is 6.29. The number of benzene rings is 1. The summed E-state index contributed by atoms with van der Waals surface area (Å²) in [4.78, 5) is 24.6. The van der Waals surface area contributed by atoms with Gasteiger partial charge in [-0.05, 0) is 50.8 Å². The maximum Gasteiger partial charge on any atom is 0.308 e. The molecule has 2 aromatic rings. The lowest BCUT2D eigenvalue weighted by Crippen LogP contribution is -2.44. The summed E-state index contributed by atoms with van der Waals surface area (Å²) in [5.41, 5.74) is 0.757. The van der Waals surface area contributed by atoms with Crippen LogP contribution in [0.5, 0.6) is 0 Å². The standard InChI is InChI=1S/C20H27N3O5S2/c1-2-23-17-6-5-16(12-18(17)29-20(23)25)30(26,27)22-9-7-14(8-10-22)19(24)21-13-15-4-3-11-28-15/h5-6,12,14-15H,2-4,7-11,13H2,1H3,(H,21,24)/t15-/m0/s1. The quantitative estimate of drug-likeness (QED) is 0.719. The van der Waals surface area contributed by atoms with Crippen molar-refractivity contribution in [2.45, 2.75) is 50.2 Å². The number of nitrogens with zero attached hydrogens (tertiary/aromatic N) is 2.